The molecule has 1 aliphatic carbocycles. The van der Waals surface area contributed by atoms with Crippen molar-refractivity contribution in [2.75, 3.05) is 12.8 Å². The Labute approximate surface area is 160 Å². The standard InChI is InChI=1S/C20H28N4OS/c1-15(17-10-4-3-5-11-17)24(2)19(25)14-26-20-21-18(22-23-20)13-12-16-8-6-7-9-16/h3-5,10-11,15-16H,6-9,12-14H2,1-2H3,(H,21,22,23). The van der Waals surface area contributed by atoms with Crippen LogP contribution in [-0.4, -0.2) is 38.8 Å². The first-order valence-corrected chi connectivity index (χ1v) is 10.5. The molecular weight excluding hydrogens is 344 g/mol. The zero-order valence-electron chi connectivity index (χ0n) is 15.6. The molecule has 1 unspecified atom stereocenters. The second-order valence-corrected chi connectivity index (χ2v) is 8.08. The third kappa shape index (κ3) is 5.10. The molecule has 6 heteroatoms. The zero-order chi connectivity index (χ0) is 18.4. The van der Waals surface area contributed by atoms with Gasteiger partial charge in [0.1, 0.15) is 5.82 Å². The monoisotopic (exact) mass is 372 g/mol. The van der Waals surface area contributed by atoms with Gasteiger partial charge in [-0.05, 0) is 24.8 Å². The van der Waals surface area contributed by atoms with E-state index in [1.165, 1.54) is 43.9 Å². The summed E-state index contributed by atoms with van der Waals surface area (Å²) in [4.78, 5) is 18.8. The number of aromatic amines is 1. The van der Waals surface area contributed by atoms with E-state index in [0.717, 1.165) is 23.7 Å². The number of H-pyrrole nitrogens is 1. The molecule has 0 aliphatic heterocycles. The second-order valence-electron chi connectivity index (χ2n) is 7.13. The number of carbonyl (C=O) groups excluding carboxylic acids is 1. The van der Waals surface area contributed by atoms with Gasteiger partial charge in [-0.15, -0.1) is 5.10 Å². The number of amides is 1. The second kappa shape index (κ2) is 9.21. The van der Waals surface area contributed by atoms with Gasteiger partial charge in [0, 0.05) is 13.5 Å². The van der Waals surface area contributed by atoms with Crippen LogP contribution < -0.4 is 0 Å². The van der Waals surface area contributed by atoms with E-state index < -0.39 is 0 Å². The number of aryl methyl sites for hydroxylation is 1. The SMILES string of the molecule is CC(c1ccccc1)N(C)C(=O)CSc1n[nH]c(CCC2CCCC2)n1. The molecule has 1 aromatic heterocycles. The molecule has 26 heavy (non-hydrogen) atoms. The molecule has 1 fully saturated rings. The summed E-state index contributed by atoms with van der Waals surface area (Å²) in [6.07, 6.45) is 7.61. The van der Waals surface area contributed by atoms with Crippen molar-refractivity contribution >= 4 is 17.7 Å². The van der Waals surface area contributed by atoms with Crippen LogP contribution in [0.2, 0.25) is 0 Å². The van der Waals surface area contributed by atoms with Crippen LogP contribution in [0, 0.1) is 5.92 Å². The van der Waals surface area contributed by atoms with Crippen LogP contribution in [0.3, 0.4) is 0 Å². The van der Waals surface area contributed by atoms with Gasteiger partial charge in [-0.1, -0.05) is 67.8 Å². The highest BCUT2D eigenvalue weighted by molar-refractivity contribution is 7.99. The molecule has 1 atom stereocenters. The van der Waals surface area contributed by atoms with Gasteiger partial charge in [0.05, 0.1) is 11.8 Å². The van der Waals surface area contributed by atoms with Crippen LogP contribution in [0.15, 0.2) is 35.5 Å². The largest absolute Gasteiger partial charge is 0.338 e. The van der Waals surface area contributed by atoms with Crippen molar-refractivity contribution in [3.05, 3.63) is 41.7 Å². The first kappa shape index (κ1) is 19.0. The minimum absolute atomic E-state index is 0.0541. The lowest BCUT2D eigenvalue weighted by Gasteiger charge is -2.25. The molecule has 0 bridgehead atoms. The Morgan fingerprint density at radius 2 is 2.04 bits per heavy atom. The number of nitrogens with zero attached hydrogens (tertiary/aromatic N) is 3. The molecular formula is C20H28N4OS. The van der Waals surface area contributed by atoms with Gasteiger partial charge < -0.3 is 4.90 Å². The lowest BCUT2D eigenvalue weighted by Crippen LogP contribution is -2.31. The van der Waals surface area contributed by atoms with Crippen LogP contribution in [-0.2, 0) is 11.2 Å². The molecule has 1 N–H and O–H groups in total. The Balaban J connectivity index is 1.45. The molecule has 0 saturated heterocycles. The van der Waals surface area contributed by atoms with Crippen molar-refractivity contribution in [3.63, 3.8) is 0 Å². The lowest BCUT2D eigenvalue weighted by molar-refractivity contribution is -0.128. The summed E-state index contributed by atoms with van der Waals surface area (Å²) in [7, 11) is 1.85. The molecule has 1 saturated carbocycles. The number of hydrogen-bond acceptors (Lipinski definition) is 4. The van der Waals surface area contributed by atoms with Crippen molar-refractivity contribution in [1.29, 1.82) is 0 Å². The minimum Gasteiger partial charge on any atom is -0.338 e. The van der Waals surface area contributed by atoms with Gasteiger partial charge >= 0.3 is 0 Å². The summed E-state index contributed by atoms with van der Waals surface area (Å²) >= 11 is 1.40. The lowest BCUT2D eigenvalue weighted by atomic mass is 10.0. The molecule has 1 aliphatic rings. The molecule has 0 radical (unpaired) electrons. The summed E-state index contributed by atoms with van der Waals surface area (Å²) in [6, 6.07) is 10.1. The Bertz CT molecular complexity index is 697. The van der Waals surface area contributed by atoms with Crippen LogP contribution >= 0.6 is 11.8 Å². The zero-order valence-corrected chi connectivity index (χ0v) is 16.5. The van der Waals surface area contributed by atoms with Gasteiger partial charge in [0.25, 0.3) is 0 Å². The highest BCUT2D eigenvalue weighted by Gasteiger charge is 2.19. The topological polar surface area (TPSA) is 61.9 Å². The van der Waals surface area contributed by atoms with E-state index in [1.807, 2.05) is 44.3 Å². The number of aromatic nitrogens is 3. The van der Waals surface area contributed by atoms with Crippen LogP contribution in [0.25, 0.3) is 0 Å². The predicted molar refractivity (Wildman–Crippen MR) is 105 cm³/mol. The fraction of sp³-hybridized carbons (Fsp3) is 0.550. The highest BCUT2D eigenvalue weighted by atomic mass is 32.2. The Morgan fingerprint density at radius 1 is 1.31 bits per heavy atom. The summed E-state index contributed by atoms with van der Waals surface area (Å²) in [5, 5.41) is 7.94. The molecule has 5 nitrogen and oxygen atoms in total. The van der Waals surface area contributed by atoms with Crippen LogP contribution in [0.4, 0.5) is 0 Å². The normalized spacial score (nSPS) is 15.9. The summed E-state index contributed by atoms with van der Waals surface area (Å²) < 4.78 is 0. The Kier molecular flexibility index (Phi) is 6.72. The van der Waals surface area contributed by atoms with Crippen molar-refractivity contribution in [1.82, 2.24) is 20.1 Å². The first-order valence-electron chi connectivity index (χ1n) is 9.48. The van der Waals surface area contributed by atoms with Crippen molar-refractivity contribution in [2.24, 2.45) is 5.92 Å². The minimum atomic E-state index is 0.0541. The molecule has 0 spiro atoms. The fourth-order valence-electron chi connectivity index (χ4n) is 3.49. The van der Waals surface area contributed by atoms with E-state index in [0.29, 0.717) is 10.9 Å². The summed E-state index contributed by atoms with van der Waals surface area (Å²) in [5.74, 6) is 2.24. The Morgan fingerprint density at radius 3 is 2.77 bits per heavy atom. The van der Waals surface area contributed by atoms with Gasteiger partial charge in [0.2, 0.25) is 11.1 Å². The maximum atomic E-state index is 12.5. The maximum absolute atomic E-state index is 12.5. The van der Waals surface area contributed by atoms with Crippen molar-refractivity contribution in [3.8, 4) is 0 Å². The number of benzene rings is 1. The maximum Gasteiger partial charge on any atom is 0.233 e. The predicted octanol–water partition coefficient (Wildman–Crippen LogP) is 4.24. The van der Waals surface area contributed by atoms with Crippen LogP contribution in [0.1, 0.15) is 56.5 Å². The van der Waals surface area contributed by atoms with E-state index >= 15 is 0 Å². The summed E-state index contributed by atoms with van der Waals surface area (Å²) in [6.45, 7) is 2.05. The quantitative estimate of drug-likeness (QED) is 0.704. The van der Waals surface area contributed by atoms with Crippen molar-refractivity contribution in [2.45, 2.75) is 56.6 Å². The van der Waals surface area contributed by atoms with Gasteiger partial charge in [-0.3, -0.25) is 9.89 Å². The van der Waals surface area contributed by atoms with E-state index in [9.17, 15) is 4.79 Å². The average molecular weight is 373 g/mol. The number of nitrogens with one attached hydrogen (secondary N) is 1. The third-order valence-electron chi connectivity index (χ3n) is 5.36. The number of hydrogen-bond donors (Lipinski definition) is 1. The molecule has 140 valence electrons. The van der Waals surface area contributed by atoms with Gasteiger partial charge in [-0.2, -0.15) is 0 Å². The smallest absolute Gasteiger partial charge is 0.233 e. The molecule has 2 aromatic rings. The number of thioether (sulfide) groups is 1. The average Bonchev–Trinajstić information content (AvgIpc) is 3.35. The highest BCUT2D eigenvalue weighted by Crippen LogP contribution is 2.28. The Hall–Kier alpha value is -1.82. The van der Waals surface area contributed by atoms with Crippen molar-refractivity contribution < 1.29 is 4.79 Å². The van der Waals surface area contributed by atoms with E-state index in [-0.39, 0.29) is 11.9 Å². The number of rotatable bonds is 8. The molecule has 3 rings (SSSR count). The van der Waals surface area contributed by atoms with Gasteiger partial charge in [-0.25, -0.2) is 4.98 Å². The summed E-state index contributed by atoms with van der Waals surface area (Å²) in [5.41, 5.74) is 1.14. The van der Waals surface area contributed by atoms with Crippen LogP contribution in [0.5, 0.6) is 0 Å². The van der Waals surface area contributed by atoms with E-state index in [2.05, 4.69) is 15.2 Å². The third-order valence-corrected chi connectivity index (χ3v) is 6.19. The van der Waals surface area contributed by atoms with Gasteiger partial charge in [0.15, 0.2) is 0 Å². The first-order chi connectivity index (χ1) is 12.6. The van der Waals surface area contributed by atoms with E-state index in [1.54, 1.807) is 4.90 Å². The molecule has 1 amide bonds. The number of carbonyl (C=O) groups is 1. The molecule has 1 aromatic carbocycles. The van der Waals surface area contributed by atoms with E-state index in [4.69, 9.17) is 0 Å². The molecule has 1 heterocycles. The fourth-order valence-corrected chi connectivity index (χ4v) is 4.23.